The van der Waals surface area contributed by atoms with Gasteiger partial charge in [-0.05, 0) is 41.7 Å². The fourth-order valence-corrected chi connectivity index (χ4v) is 3.82. The molecule has 1 atom stereocenters. The summed E-state index contributed by atoms with van der Waals surface area (Å²) < 4.78 is 1.78. The van der Waals surface area contributed by atoms with Gasteiger partial charge in [-0.15, -0.1) is 0 Å². The second-order valence-electron chi connectivity index (χ2n) is 6.70. The Hall–Kier alpha value is -2.59. The summed E-state index contributed by atoms with van der Waals surface area (Å²) in [5.74, 6) is -0.0724. The molecule has 1 N–H and O–H groups in total. The van der Waals surface area contributed by atoms with Gasteiger partial charge in [-0.2, -0.15) is 5.10 Å². The van der Waals surface area contributed by atoms with Crippen LogP contribution in [0.15, 0.2) is 54.7 Å². The summed E-state index contributed by atoms with van der Waals surface area (Å²) in [6.45, 7) is 0. The molecule has 0 saturated heterocycles. The summed E-state index contributed by atoms with van der Waals surface area (Å²) in [6.07, 6.45) is 4.17. The van der Waals surface area contributed by atoms with Gasteiger partial charge in [-0.25, -0.2) is 0 Å². The van der Waals surface area contributed by atoms with E-state index in [9.17, 15) is 4.79 Å². The first-order valence-electron chi connectivity index (χ1n) is 8.76. The van der Waals surface area contributed by atoms with Gasteiger partial charge in [0.2, 0.25) is 0 Å². The lowest BCUT2D eigenvalue weighted by Gasteiger charge is -2.15. The predicted molar refractivity (Wildman–Crippen MR) is 102 cm³/mol. The van der Waals surface area contributed by atoms with Gasteiger partial charge in [0, 0.05) is 18.5 Å². The average Bonchev–Trinajstić information content (AvgIpc) is 3.20. The molecule has 4 rings (SSSR count). The van der Waals surface area contributed by atoms with Crippen LogP contribution in [0.1, 0.15) is 45.2 Å². The third kappa shape index (κ3) is 3.25. The summed E-state index contributed by atoms with van der Waals surface area (Å²) >= 11 is 6.07. The zero-order chi connectivity index (χ0) is 18.1. The number of carbonyl (C=O) groups excluding carboxylic acids is 1. The SMILES string of the molecule is Cn1ncc(C(=O)N[C@H]2CCc3cc(Cl)ccc32)c1Cc1ccccc1. The van der Waals surface area contributed by atoms with E-state index in [1.807, 2.05) is 43.4 Å². The first-order chi connectivity index (χ1) is 12.6. The topological polar surface area (TPSA) is 46.9 Å². The summed E-state index contributed by atoms with van der Waals surface area (Å²) in [6, 6.07) is 16.0. The number of nitrogens with one attached hydrogen (secondary N) is 1. The van der Waals surface area contributed by atoms with Crippen molar-refractivity contribution in [3.8, 4) is 0 Å². The third-order valence-electron chi connectivity index (χ3n) is 5.01. The number of carbonyl (C=O) groups is 1. The highest BCUT2D eigenvalue weighted by Crippen LogP contribution is 2.33. The molecule has 3 aromatic rings. The molecular formula is C21H20ClN3O. The summed E-state index contributed by atoms with van der Waals surface area (Å²) in [5, 5.41) is 8.22. The maximum atomic E-state index is 12.9. The molecule has 1 heterocycles. The Morgan fingerprint density at radius 1 is 1.27 bits per heavy atom. The molecule has 0 unspecified atom stereocenters. The van der Waals surface area contributed by atoms with Crippen molar-refractivity contribution in [1.29, 1.82) is 0 Å². The van der Waals surface area contributed by atoms with Gasteiger partial charge >= 0.3 is 0 Å². The number of hydrogen-bond acceptors (Lipinski definition) is 2. The monoisotopic (exact) mass is 365 g/mol. The van der Waals surface area contributed by atoms with E-state index in [0.29, 0.717) is 12.0 Å². The van der Waals surface area contributed by atoms with Crippen molar-refractivity contribution in [1.82, 2.24) is 15.1 Å². The Balaban J connectivity index is 1.55. The maximum absolute atomic E-state index is 12.9. The number of fused-ring (bicyclic) bond motifs is 1. The highest BCUT2D eigenvalue weighted by molar-refractivity contribution is 6.30. The lowest BCUT2D eigenvalue weighted by Crippen LogP contribution is -2.28. The maximum Gasteiger partial charge on any atom is 0.255 e. The van der Waals surface area contributed by atoms with E-state index in [-0.39, 0.29) is 11.9 Å². The summed E-state index contributed by atoms with van der Waals surface area (Å²) in [5.41, 5.74) is 5.10. The zero-order valence-electron chi connectivity index (χ0n) is 14.6. The minimum Gasteiger partial charge on any atom is -0.345 e. The number of hydrogen-bond donors (Lipinski definition) is 1. The van der Waals surface area contributed by atoms with Crippen LogP contribution in [0.25, 0.3) is 0 Å². The van der Waals surface area contributed by atoms with E-state index in [2.05, 4.69) is 22.5 Å². The number of amides is 1. The van der Waals surface area contributed by atoms with Crippen LogP contribution in [0.5, 0.6) is 0 Å². The number of nitrogens with zero attached hydrogens (tertiary/aromatic N) is 2. The molecule has 1 amide bonds. The van der Waals surface area contributed by atoms with Crippen LogP contribution in [0.3, 0.4) is 0 Å². The van der Waals surface area contributed by atoms with Gasteiger partial charge in [0.05, 0.1) is 23.5 Å². The Labute approximate surface area is 157 Å². The summed E-state index contributed by atoms with van der Waals surface area (Å²) in [7, 11) is 1.88. The molecule has 1 aliphatic rings. The number of aromatic nitrogens is 2. The van der Waals surface area contributed by atoms with Crippen LogP contribution >= 0.6 is 11.6 Å². The van der Waals surface area contributed by atoms with Gasteiger partial charge in [-0.3, -0.25) is 9.48 Å². The quantitative estimate of drug-likeness (QED) is 0.757. The van der Waals surface area contributed by atoms with Gasteiger partial charge in [0.25, 0.3) is 5.91 Å². The molecule has 5 heteroatoms. The predicted octanol–water partition coefficient (Wildman–Crippen LogP) is 4.08. The van der Waals surface area contributed by atoms with Gasteiger partial charge in [-0.1, -0.05) is 48.0 Å². The van der Waals surface area contributed by atoms with Crippen LogP contribution < -0.4 is 5.32 Å². The molecule has 0 aliphatic heterocycles. The highest BCUT2D eigenvalue weighted by Gasteiger charge is 2.26. The third-order valence-corrected chi connectivity index (χ3v) is 5.24. The number of aryl methyl sites for hydroxylation is 2. The normalized spacial score (nSPS) is 15.7. The lowest BCUT2D eigenvalue weighted by atomic mass is 10.1. The van der Waals surface area contributed by atoms with Crippen molar-refractivity contribution in [3.63, 3.8) is 0 Å². The van der Waals surface area contributed by atoms with Crippen molar-refractivity contribution in [2.24, 2.45) is 7.05 Å². The van der Waals surface area contributed by atoms with Crippen LogP contribution in [0.2, 0.25) is 5.02 Å². The highest BCUT2D eigenvalue weighted by atomic mass is 35.5. The minimum absolute atomic E-state index is 0.0274. The molecule has 2 aromatic carbocycles. The minimum atomic E-state index is -0.0724. The van der Waals surface area contributed by atoms with E-state index >= 15 is 0 Å². The molecule has 0 saturated carbocycles. The molecule has 132 valence electrons. The van der Waals surface area contributed by atoms with E-state index < -0.39 is 0 Å². The number of rotatable bonds is 4. The van der Waals surface area contributed by atoms with Crippen molar-refractivity contribution in [3.05, 3.63) is 87.7 Å². The Morgan fingerprint density at radius 2 is 2.08 bits per heavy atom. The van der Waals surface area contributed by atoms with Crippen molar-refractivity contribution in [2.75, 3.05) is 0 Å². The molecule has 1 aromatic heterocycles. The van der Waals surface area contributed by atoms with Crippen LogP contribution in [-0.4, -0.2) is 15.7 Å². The van der Waals surface area contributed by atoms with Crippen LogP contribution in [-0.2, 0) is 19.9 Å². The first-order valence-corrected chi connectivity index (χ1v) is 9.13. The van der Waals surface area contributed by atoms with Crippen molar-refractivity contribution < 1.29 is 4.79 Å². The Bertz CT molecular complexity index is 949. The van der Waals surface area contributed by atoms with Crippen LogP contribution in [0.4, 0.5) is 0 Å². The van der Waals surface area contributed by atoms with Crippen LogP contribution in [0, 0.1) is 0 Å². The molecule has 0 radical (unpaired) electrons. The molecule has 1 aliphatic carbocycles. The second kappa shape index (κ2) is 6.96. The van der Waals surface area contributed by atoms with E-state index in [1.165, 1.54) is 5.56 Å². The first kappa shape index (κ1) is 16.9. The van der Waals surface area contributed by atoms with E-state index in [1.54, 1.807) is 10.9 Å². The van der Waals surface area contributed by atoms with E-state index in [0.717, 1.165) is 34.7 Å². The lowest BCUT2D eigenvalue weighted by molar-refractivity contribution is 0.0936. The smallest absolute Gasteiger partial charge is 0.255 e. The molecule has 0 spiro atoms. The largest absolute Gasteiger partial charge is 0.345 e. The standard InChI is InChI=1S/C21H20ClN3O/c1-25-20(11-14-5-3-2-4-6-14)18(13-23-25)21(26)24-19-10-7-15-12-16(22)8-9-17(15)19/h2-6,8-9,12-13,19H,7,10-11H2,1H3,(H,24,26)/t19-/m0/s1. The fraction of sp³-hybridized carbons (Fsp3) is 0.238. The Morgan fingerprint density at radius 3 is 2.88 bits per heavy atom. The average molecular weight is 366 g/mol. The van der Waals surface area contributed by atoms with Crippen molar-refractivity contribution in [2.45, 2.75) is 25.3 Å². The van der Waals surface area contributed by atoms with Gasteiger partial charge < -0.3 is 5.32 Å². The molecular weight excluding hydrogens is 346 g/mol. The van der Waals surface area contributed by atoms with Gasteiger partial charge in [0.15, 0.2) is 0 Å². The second-order valence-corrected chi connectivity index (χ2v) is 7.14. The Kier molecular flexibility index (Phi) is 4.51. The number of halogens is 1. The molecule has 0 bridgehead atoms. The summed E-state index contributed by atoms with van der Waals surface area (Å²) in [4.78, 5) is 12.9. The van der Waals surface area contributed by atoms with E-state index in [4.69, 9.17) is 11.6 Å². The zero-order valence-corrected chi connectivity index (χ0v) is 15.3. The molecule has 0 fully saturated rings. The number of benzene rings is 2. The molecule has 4 nitrogen and oxygen atoms in total. The van der Waals surface area contributed by atoms with Gasteiger partial charge in [0.1, 0.15) is 0 Å². The fourth-order valence-electron chi connectivity index (χ4n) is 3.62. The van der Waals surface area contributed by atoms with Crippen molar-refractivity contribution >= 4 is 17.5 Å². The molecule has 26 heavy (non-hydrogen) atoms.